The van der Waals surface area contributed by atoms with Crippen molar-refractivity contribution in [3.05, 3.63) is 35.4 Å². The fourth-order valence-corrected chi connectivity index (χ4v) is 3.57. The van der Waals surface area contributed by atoms with Crippen LogP contribution in [0.25, 0.3) is 0 Å². The number of hydrogen-bond acceptors (Lipinski definition) is 2. The predicted octanol–water partition coefficient (Wildman–Crippen LogP) is 3.34. The van der Waals surface area contributed by atoms with Crippen molar-refractivity contribution < 1.29 is 8.78 Å². The van der Waals surface area contributed by atoms with E-state index in [0.29, 0.717) is 18.1 Å². The van der Waals surface area contributed by atoms with Gasteiger partial charge in [0, 0.05) is 30.2 Å². The number of benzene rings is 1. The molecule has 0 amide bonds. The van der Waals surface area contributed by atoms with Crippen LogP contribution in [0.3, 0.4) is 0 Å². The Hall–Kier alpha value is -1.00. The quantitative estimate of drug-likeness (QED) is 0.910. The second-order valence-electron chi connectivity index (χ2n) is 6.22. The molecule has 2 unspecified atom stereocenters. The monoisotopic (exact) mass is 280 g/mol. The molecule has 20 heavy (non-hydrogen) atoms. The lowest BCUT2D eigenvalue weighted by Gasteiger charge is -2.35. The van der Waals surface area contributed by atoms with Crippen LogP contribution in [0.2, 0.25) is 0 Å². The molecule has 0 radical (unpaired) electrons. The molecule has 1 aromatic rings. The van der Waals surface area contributed by atoms with Gasteiger partial charge in [0.15, 0.2) is 0 Å². The fraction of sp³-hybridized carbons (Fsp3) is 0.625. The first kappa shape index (κ1) is 14.0. The molecule has 0 aromatic heterocycles. The Morgan fingerprint density at radius 3 is 2.30 bits per heavy atom. The highest BCUT2D eigenvalue weighted by molar-refractivity contribution is 5.23. The van der Waals surface area contributed by atoms with Gasteiger partial charge in [-0.1, -0.05) is 24.3 Å². The van der Waals surface area contributed by atoms with Crippen molar-refractivity contribution in [3.8, 4) is 0 Å². The molecule has 2 aliphatic heterocycles. The summed E-state index contributed by atoms with van der Waals surface area (Å²) in [6.45, 7) is 0.841. The second kappa shape index (κ2) is 5.78. The summed E-state index contributed by atoms with van der Waals surface area (Å²) in [6.07, 6.45) is 2.65. The van der Waals surface area contributed by atoms with Gasteiger partial charge in [0.2, 0.25) is 0 Å². The van der Waals surface area contributed by atoms with Gasteiger partial charge >= 0.3 is 0 Å². The van der Waals surface area contributed by atoms with Gasteiger partial charge in [0.1, 0.15) is 0 Å². The van der Waals surface area contributed by atoms with Crippen molar-refractivity contribution in [3.63, 3.8) is 0 Å². The summed E-state index contributed by atoms with van der Waals surface area (Å²) in [7, 11) is 2.15. The summed E-state index contributed by atoms with van der Waals surface area (Å²) in [5, 5.41) is 3.65. The standard InChI is InChI=1S/C16H22F2N2/c1-20(15-8-13-6-7-14(9-15)19-13)10-11-2-4-12(5-3-11)16(17)18/h2-5,13-16,19H,6-10H2,1H3. The van der Waals surface area contributed by atoms with E-state index in [0.717, 1.165) is 12.1 Å². The molecule has 2 aliphatic rings. The first-order valence-corrected chi connectivity index (χ1v) is 7.45. The van der Waals surface area contributed by atoms with Gasteiger partial charge in [-0.2, -0.15) is 0 Å². The maximum Gasteiger partial charge on any atom is 0.263 e. The van der Waals surface area contributed by atoms with E-state index in [1.807, 2.05) is 12.1 Å². The van der Waals surface area contributed by atoms with Gasteiger partial charge in [-0.25, -0.2) is 8.78 Å². The van der Waals surface area contributed by atoms with Gasteiger partial charge in [-0.05, 0) is 38.3 Å². The van der Waals surface area contributed by atoms with Crippen LogP contribution in [0, 0.1) is 0 Å². The number of fused-ring (bicyclic) bond motifs is 2. The Bertz CT molecular complexity index is 434. The molecule has 2 bridgehead atoms. The van der Waals surface area contributed by atoms with Crippen LogP contribution in [0.1, 0.15) is 43.2 Å². The first-order valence-electron chi connectivity index (χ1n) is 7.45. The summed E-state index contributed by atoms with van der Waals surface area (Å²) in [4.78, 5) is 2.38. The third-order valence-corrected chi connectivity index (χ3v) is 4.74. The molecule has 2 atom stereocenters. The maximum absolute atomic E-state index is 12.5. The Labute approximate surface area is 119 Å². The van der Waals surface area contributed by atoms with Crippen molar-refractivity contribution >= 4 is 0 Å². The lowest BCUT2D eigenvalue weighted by molar-refractivity contribution is 0.151. The number of piperidine rings is 1. The molecule has 4 heteroatoms. The molecule has 0 aliphatic carbocycles. The van der Waals surface area contributed by atoms with Crippen LogP contribution in [0.4, 0.5) is 8.78 Å². The number of nitrogens with one attached hydrogen (secondary N) is 1. The summed E-state index contributed by atoms with van der Waals surface area (Å²) >= 11 is 0. The molecule has 2 saturated heterocycles. The summed E-state index contributed by atoms with van der Waals surface area (Å²) in [5.74, 6) is 0. The Kier molecular flexibility index (Phi) is 4.03. The van der Waals surface area contributed by atoms with Crippen LogP contribution < -0.4 is 5.32 Å². The van der Waals surface area contributed by atoms with Crippen LogP contribution in [0.5, 0.6) is 0 Å². The van der Waals surface area contributed by atoms with Crippen molar-refractivity contribution in [2.24, 2.45) is 0 Å². The lowest BCUT2D eigenvalue weighted by atomic mass is 9.98. The Morgan fingerprint density at radius 2 is 1.75 bits per heavy atom. The van der Waals surface area contributed by atoms with Crippen LogP contribution >= 0.6 is 0 Å². The fourth-order valence-electron chi connectivity index (χ4n) is 3.57. The molecular weight excluding hydrogens is 258 g/mol. The van der Waals surface area contributed by atoms with E-state index in [2.05, 4.69) is 17.3 Å². The molecule has 2 heterocycles. The van der Waals surface area contributed by atoms with E-state index in [4.69, 9.17) is 0 Å². The summed E-state index contributed by atoms with van der Waals surface area (Å²) < 4.78 is 25.1. The molecule has 2 nitrogen and oxygen atoms in total. The van der Waals surface area contributed by atoms with Gasteiger partial charge in [-0.3, -0.25) is 4.90 Å². The minimum absolute atomic E-state index is 0.108. The zero-order valence-electron chi connectivity index (χ0n) is 11.9. The van der Waals surface area contributed by atoms with E-state index in [1.54, 1.807) is 12.1 Å². The van der Waals surface area contributed by atoms with Crippen LogP contribution in [-0.4, -0.2) is 30.1 Å². The van der Waals surface area contributed by atoms with Gasteiger partial charge in [0.05, 0.1) is 0 Å². The highest BCUT2D eigenvalue weighted by Gasteiger charge is 2.34. The van der Waals surface area contributed by atoms with Crippen molar-refractivity contribution in [2.45, 2.75) is 56.8 Å². The maximum atomic E-state index is 12.5. The zero-order chi connectivity index (χ0) is 14.1. The number of halogens is 2. The van der Waals surface area contributed by atoms with Crippen molar-refractivity contribution in [2.75, 3.05) is 7.05 Å². The average molecular weight is 280 g/mol. The number of hydrogen-bond donors (Lipinski definition) is 1. The topological polar surface area (TPSA) is 15.3 Å². The molecule has 1 N–H and O–H groups in total. The largest absolute Gasteiger partial charge is 0.311 e. The van der Waals surface area contributed by atoms with E-state index in [1.165, 1.54) is 25.7 Å². The predicted molar refractivity (Wildman–Crippen MR) is 75.8 cm³/mol. The molecule has 3 rings (SSSR count). The number of alkyl halides is 2. The molecular formula is C16H22F2N2. The molecule has 0 spiro atoms. The second-order valence-corrected chi connectivity index (χ2v) is 6.22. The number of rotatable bonds is 4. The Morgan fingerprint density at radius 1 is 1.15 bits per heavy atom. The minimum Gasteiger partial charge on any atom is -0.311 e. The van der Waals surface area contributed by atoms with Crippen LogP contribution in [0.15, 0.2) is 24.3 Å². The van der Waals surface area contributed by atoms with Crippen molar-refractivity contribution in [1.82, 2.24) is 10.2 Å². The smallest absolute Gasteiger partial charge is 0.263 e. The zero-order valence-corrected chi connectivity index (χ0v) is 11.9. The van der Waals surface area contributed by atoms with Crippen LogP contribution in [-0.2, 0) is 6.54 Å². The first-order chi connectivity index (χ1) is 9.61. The van der Waals surface area contributed by atoms with E-state index in [-0.39, 0.29) is 5.56 Å². The molecule has 2 fully saturated rings. The Balaban J connectivity index is 1.59. The summed E-state index contributed by atoms with van der Waals surface area (Å²) in [6, 6.07) is 8.72. The highest BCUT2D eigenvalue weighted by atomic mass is 19.3. The van der Waals surface area contributed by atoms with E-state index < -0.39 is 6.43 Å². The lowest BCUT2D eigenvalue weighted by Crippen LogP contribution is -2.46. The van der Waals surface area contributed by atoms with E-state index >= 15 is 0 Å². The van der Waals surface area contributed by atoms with Gasteiger partial charge < -0.3 is 5.32 Å². The minimum atomic E-state index is -2.37. The average Bonchev–Trinajstić information content (AvgIpc) is 2.78. The number of nitrogens with zero attached hydrogens (tertiary/aromatic N) is 1. The molecule has 0 saturated carbocycles. The van der Waals surface area contributed by atoms with E-state index in [9.17, 15) is 8.78 Å². The van der Waals surface area contributed by atoms with Gasteiger partial charge in [-0.15, -0.1) is 0 Å². The molecule has 1 aromatic carbocycles. The SMILES string of the molecule is CN(Cc1ccc(C(F)F)cc1)C1CC2CCC(C1)N2. The highest BCUT2D eigenvalue weighted by Crippen LogP contribution is 2.30. The third-order valence-electron chi connectivity index (χ3n) is 4.74. The third kappa shape index (κ3) is 3.01. The van der Waals surface area contributed by atoms with Gasteiger partial charge in [0.25, 0.3) is 6.43 Å². The van der Waals surface area contributed by atoms with Crippen molar-refractivity contribution in [1.29, 1.82) is 0 Å². The summed E-state index contributed by atoms with van der Waals surface area (Å²) in [5.41, 5.74) is 1.22. The normalized spacial score (nSPS) is 29.4. The molecule has 110 valence electrons.